The Morgan fingerprint density at radius 2 is 2.00 bits per heavy atom. The van der Waals surface area contributed by atoms with Gasteiger partial charge in [0, 0.05) is 6.61 Å². The van der Waals surface area contributed by atoms with Crippen molar-refractivity contribution in [1.29, 1.82) is 0 Å². The predicted octanol–water partition coefficient (Wildman–Crippen LogP) is 2.47. The predicted molar refractivity (Wildman–Crippen MR) is 88.4 cm³/mol. The third-order valence-electron chi connectivity index (χ3n) is 3.47. The number of aromatic nitrogens is 3. The lowest BCUT2D eigenvalue weighted by atomic mass is 10.3. The molecule has 0 radical (unpaired) electrons. The average molecular weight is 329 g/mol. The summed E-state index contributed by atoms with van der Waals surface area (Å²) in [6.07, 6.45) is 1.58. The van der Waals surface area contributed by atoms with Crippen molar-refractivity contribution in [2.24, 2.45) is 0 Å². The molecule has 0 saturated carbocycles. The number of hydrogen-bond donors (Lipinski definition) is 0. The van der Waals surface area contributed by atoms with Crippen LogP contribution in [0.25, 0.3) is 16.6 Å². The van der Waals surface area contributed by atoms with Gasteiger partial charge in [0.1, 0.15) is 18.5 Å². The first kappa shape index (κ1) is 16.2. The molecule has 0 atom stereocenters. The van der Waals surface area contributed by atoms with E-state index in [1.54, 1.807) is 17.7 Å². The van der Waals surface area contributed by atoms with E-state index < -0.39 is 5.97 Å². The molecule has 126 valence electrons. The molecule has 0 N–H and O–H groups in total. The van der Waals surface area contributed by atoms with E-state index in [0.717, 1.165) is 11.0 Å². The highest BCUT2D eigenvalue weighted by Crippen LogP contribution is 2.26. The molecule has 0 bridgehead atoms. The number of benzene rings is 1. The molecular weight excluding hydrogens is 310 g/mol. The van der Waals surface area contributed by atoms with E-state index in [2.05, 4.69) is 9.97 Å². The summed E-state index contributed by atoms with van der Waals surface area (Å²) in [4.78, 5) is 20.9. The fourth-order valence-electron chi connectivity index (χ4n) is 2.45. The van der Waals surface area contributed by atoms with E-state index >= 15 is 0 Å². The van der Waals surface area contributed by atoms with Gasteiger partial charge in [-0.1, -0.05) is 12.1 Å². The highest BCUT2D eigenvalue weighted by Gasteiger charge is 2.21. The van der Waals surface area contributed by atoms with Crippen LogP contribution in [0.1, 0.15) is 24.3 Å². The molecule has 0 amide bonds. The first-order chi connectivity index (χ1) is 11.8. The second-order valence-electron chi connectivity index (χ2n) is 4.98. The van der Waals surface area contributed by atoms with Gasteiger partial charge in [0.25, 0.3) is 0 Å². The van der Waals surface area contributed by atoms with Crippen molar-refractivity contribution < 1.29 is 19.0 Å². The SMILES string of the molecule is CCOCCOc1nc2ccccc2n2cnc(C(=O)OCC)c12. The van der Waals surface area contributed by atoms with Crippen LogP contribution in [0.4, 0.5) is 0 Å². The second kappa shape index (κ2) is 7.27. The van der Waals surface area contributed by atoms with E-state index in [-0.39, 0.29) is 12.3 Å². The molecule has 0 fully saturated rings. The van der Waals surface area contributed by atoms with Gasteiger partial charge < -0.3 is 14.2 Å². The summed E-state index contributed by atoms with van der Waals surface area (Å²) in [6.45, 7) is 5.35. The number of esters is 1. The zero-order chi connectivity index (χ0) is 16.9. The van der Waals surface area contributed by atoms with Gasteiger partial charge in [0.2, 0.25) is 5.88 Å². The van der Waals surface area contributed by atoms with Gasteiger partial charge in [-0.05, 0) is 26.0 Å². The van der Waals surface area contributed by atoms with Crippen LogP contribution < -0.4 is 4.74 Å². The quantitative estimate of drug-likeness (QED) is 0.490. The number of carbonyl (C=O) groups is 1. The highest BCUT2D eigenvalue weighted by molar-refractivity contribution is 5.98. The first-order valence-corrected chi connectivity index (χ1v) is 7.89. The van der Waals surface area contributed by atoms with Crippen LogP contribution in [0.5, 0.6) is 5.88 Å². The molecule has 3 rings (SSSR count). The number of para-hydroxylation sites is 2. The molecule has 0 spiro atoms. The lowest BCUT2D eigenvalue weighted by Crippen LogP contribution is -2.10. The number of ether oxygens (including phenoxy) is 3. The Bertz CT molecular complexity index is 860. The summed E-state index contributed by atoms with van der Waals surface area (Å²) in [5.41, 5.74) is 2.29. The van der Waals surface area contributed by atoms with Crippen LogP contribution in [0.3, 0.4) is 0 Å². The van der Waals surface area contributed by atoms with Crippen molar-refractivity contribution in [2.45, 2.75) is 13.8 Å². The summed E-state index contributed by atoms with van der Waals surface area (Å²) in [7, 11) is 0. The molecule has 0 aliphatic heterocycles. The molecule has 24 heavy (non-hydrogen) atoms. The lowest BCUT2D eigenvalue weighted by molar-refractivity contribution is 0.0522. The average Bonchev–Trinajstić information content (AvgIpc) is 3.04. The topological polar surface area (TPSA) is 75.0 Å². The second-order valence-corrected chi connectivity index (χ2v) is 4.98. The number of hydrogen-bond acceptors (Lipinski definition) is 6. The van der Waals surface area contributed by atoms with Crippen molar-refractivity contribution >= 4 is 22.5 Å². The minimum atomic E-state index is -0.494. The normalized spacial score (nSPS) is 11.1. The van der Waals surface area contributed by atoms with Crippen molar-refractivity contribution in [3.05, 3.63) is 36.3 Å². The number of fused-ring (bicyclic) bond motifs is 3. The molecule has 1 aromatic carbocycles. The molecule has 0 saturated heterocycles. The van der Waals surface area contributed by atoms with E-state index in [1.807, 2.05) is 31.2 Å². The Balaban J connectivity index is 2.10. The maximum Gasteiger partial charge on any atom is 0.359 e. The van der Waals surface area contributed by atoms with Crippen LogP contribution in [0, 0.1) is 0 Å². The van der Waals surface area contributed by atoms with Crippen LogP contribution in [-0.4, -0.2) is 46.8 Å². The standard InChI is InChI=1S/C17H19N3O4/c1-3-22-9-10-24-16-15-14(17(21)23-4-2)18-11-20(15)13-8-6-5-7-12(13)19-16/h5-8,11H,3-4,9-10H2,1-2H3. The smallest absolute Gasteiger partial charge is 0.359 e. The molecule has 0 aliphatic carbocycles. The zero-order valence-electron chi connectivity index (χ0n) is 13.7. The zero-order valence-corrected chi connectivity index (χ0v) is 13.7. The van der Waals surface area contributed by atoms with Gasteiger partial charge in [0.05, 0.1) is 24.2 Å². The Labute approximate surface area is 139 Å². The molecule has 7 heteroatoms. The van der Waals surface area contributed by atoms with E-state index in [9.17, 15) is 4.79 Å². The van der Waals surface area contributed by atoms with Gasteiger partial charge >= 0.3 is 5.97 Å². The van der Waals surface area contributed by atoms with Gasteiger partial charge in [-0.15, -0.1) is 0 Å². The lowest BCUT2D eigenvalue weighted by Gasteiger charge is -2.10. The van der Waals surface area contributed by atoms with Crippen molar-refractivity contribution in [1.82, 2.24) is 14.4 Å². The number of carbonyl (C=O) groups excluding carboxylic acids is 1. The summed E-state index contributed by atoms with van der Waals surface area (Å²) in [5.74, 6) is -0.152. The molecule has 0 unspecified atom stereocenters. The van der Waals surface area contributed by atoms with E-state index in [0.29, 0.717) is 31.2 Å². The maximum atomic E-state index is 12.2. The van der Waals surface area contributed by atoms with Gasteiger partial charge in [0.15, 0.2) is 5.69 Å². The van der Waals surface area contributed by atoms with Crippen LogP contribution in [0.2, 0.25) is 0 Å². The molecule has 7 nitrogen and oxygen atoms in total. The van der Waals surface area contributed by atoms with Crippen LogP contribution in [0.15, 0.2) is 30.6 Å². The monoisotopic (exact) mass is 329 g/mol. The summed E-state index contributed by atoms with van der Waals surface area (Å²) in [5, 5.41) is 0. The third-order valence-corrected chi connectivity index (χ3v) is 3.47. The van der Waals surface area contributed by atoms with Crippen molar-refractivity contribution in [2.75, 3.05) is 26.4 Å². The molecular formula is C17H19N3O4. The fourth-order valence-corrected chi connectivity index (χ4v) is 2.45. The minimum Gasteiger partial charge on any atom is -0.474 e. The Hall–Kier alpha value is -2.67. The van der Waals surface area contributed by atoms with Crippen LogP contribution >= 0.6 is 0 Å². The summed E-state index contributed by atoms with van der Waals surface area (Å²) >= 11 is 0. The first-order valence-electron chi connectivity index (χ1n) is 7.89. The highest BCUT2D eigenvalue weighted by atomic mass is 16.5. The number of imidazole rings is 1. The third kappa shape index (κ3) is 3.03. The molecule has 2 heterocycles. The Kier molecular flexibility index (Phi) is 4.90. The minimum absolute atomic E-state index is 0.196. The molecule has 0 aliphatic rings. The maximum absolute atomic E-state index is 12.2. The summed E-state index contributed by atoms with van der Waals surface area (Å²) in [6, 6.07) is 7.60. The van der Waals surface area contributed by atoms with Gasteiger partial charge in [-0.25, -0.2) is 14.8 Å². The van der Waals surface area contributed by atoms with Gasteiger partial charge in [-0.2, -0.15) is 0 Å². The Morgan fingerprint density at radius 3 is 2.79 bits per heavy atom. The molecule has 3 aromatic rings. The largest absolute Gasteiger partial charge is 0.474 e. The number of rotatable bonds is 7. The Morgan fingerprint density at radius 1 is 1.17 bits per heavy atom. The number of nitrogens with zero attached hydrogens (tertiary/aromatic N) is 3. The van der Waals surface area contributed by atoms with E-state index in [1.165, 1.54) is 0 Å². The fraction of sp³-hybridized carbons (Fsp3) is 0.353. The van der Waals surface area contributed by atoms with Crippen LogP contribution in [-0.2, 0) is 9.47 Å². The van der Waals surface area contributed by atoms with E-state index in [4.69, 9.17) is 14.2 Å². The molecule has 2 aromatic heterocycles. The van der Waals surface area contributed by atoms with Gasteiger partial charge in [-0.3, -0.25) is 4.40 Å². The summed E-state index contributed by atoms with van der Waals surface area (Å²) < 4.78 is 17.9. The van der Waals surface area contributed by atoms with Crippen molar-refractivity contribution in [3.8, 4) is 5.88 Å². The van der Waals surface area contributed by atoms with Crippen molar-refractivity contribution in [3.63, 3.8) is 0 Å².